The summed E-state index contributed by atoms with van der Waals surface area (Å²) in [6.07, 6.45) is 1.84. The number of nitrogens with zero attached hydrogens (tertiary/aromatic N) is 3. The number of carbonyl (C=O) groups is 1. The Labute approximate surface area is 201 Å². The zero-order valence-corrected chi connectivity index (χ0v) is 18.7. The van der Waals surface area contributed by atoms with Gasteiger partial charge in [-0.25, -0.2) is 0 Å². The zero-order chi connectivity index (χ0) is 22.0. The number of fused-ring (bicyclic) bond motifs is 1. The number of aliphatic carboxylic acids is 1. The number of benzene rings is 2. The first-order valence-electron chi connectivity index (χ1n) is 9.79. The van der Waals surface area contributed by atoms with Gasteiger partial charge in [0, 0.05) is 34.4 Å². The largest absolute Gasteiger partial charge is 1.00 e. The molecule has 0 N–H and O–H groups in total. The van der Waals surface area contributed by atoms with Gasteiger partial charge in [-0.05, 0) is 56.3 Å². The van der Waals surface area contributed by atoms with Gasteiger partial charge in [0.2, 0.25) is 5.82 Å². The van der Waals surface area contributed by atoms with Gasteiger partial charge in [0.1, 0.15) is 5.75 Å². The number of rotatable bonds is 7. The third-order valence-corrected chi connectivity index (χ3v) is 4.96. The second kappa shape index (κ2) is 10.2. The van der Waals surface area contributed by atoms with Crippen LogP contribution in [0.15, 0.2) is 53.2 Å². The Morgan fingerprint density at radius 3 is 2.72 bits per heavy atom. The van der Waals surface area contributed by atoms with E-state index in [1.807, 2.05) is 44.2 Å². The van der Waals surface area contributed by atoms with Crippen molar-refractivity contribution >= 4 is 28.3 Å². The molecule has 0 saturated heterocycles. The molecular weight excluding hydrogens is 425 g/mol. The predicted octanol–water partition coefficient (Wildman–Crippen LogP) is 1.08. The molecule has 0 aliphatic rings. The topological polar surface area (TPSA) is 101 Å². The van der Waals surface area contributed by atoms with Crippen molar-refractivity contribution in [3.63, 3.8) is 0 Å². The molecule has 4 aromatic rings. The number of halogens is 1. The summed E-state index contributed by atoms with van der Waals surface area (Å²) in [6.45, 7) is 3.86. The van der Waals surface area contributed by atoms with Crippen LogP contribution < -0.4 is 28.7 Å². The Kier molecular flexibility index (Phi) is 7.57. The van der Waals surface area contributed by atoms with Crippen molar-refractivity contribution in [1.82, 2.24) is 15.1 Å². The summed E-state index contributed by atoms with van der Waals surface area (Å²) in [7, 11) is 0. The van der Waals surface area contributed by atoms with Gasteiger partial charge in [0.05, 0.1) is 11.1 Å². The van der Waals surface area contributed by atoms with Crippen molar-refractivity contribution in [2.45, 2.75) is 32.8 Å². The van der Waals surface area contributed by atoms with Crippen molar-refractivity contribution in [2.75, 3.05) is 0 Å². The van der Waals surface area contributed by atoms with Crippen LogP contribution >= 0.6 is 11.6 Å². The molecule has 32 heavy (non-hydrogen) atoms. The molecule has 0 amide bonds. The quantitative estimate of drug-likeness (QED) is 0.394. The van der Waals surface area contributed by atoms with Crippen LogP contribution in [-0.4, -0.2) is 27.2 Å². The van der Waals surface area contributed by atoms with E-state index in [1.165, 1.54) is 0 Å². The van der Waals surface area contributed by atoms with E-state index in [0.29, 0.717) is 33.7 Å². The summed E-state index contributed by atoms with van der Waals surface area (Å²) < 4.78 is 11.1. The van der Waals surface area contributed by atoms with Crippen LogP contribution in [0.4, 0.5) is 0 Å². The summed E-state index contributed by atoms with van der Waals surface area (Å²) in [5, 5.41) is 17.1. The second-order valence-corrected chi connectivity index (χ2v) is 7.67. The molecule has 2 heterocycles. The third-order valence-electron chi connectivity index (χ3n) is 4.66. The Morgan fingerprint density at radius 1 is 1.19 bits per heavy atom. The van der Waals surface area contributed by atoms with Gasteiger partial charge in [0.15, 0.2) is 0 Å². The molecular formula is C23H19ClLiN3O4. The van der Waals surface area contributed by atoms with Crippen molar-refractivity contribution in [3.8, 4) is 28.6 Å². The first kappa shape index (κ1) is 23.8. The Hall–Kier alpha value is -2.85. The van der Waals surface area contributed by atoms with Gasteiger partial charge in [-0.1, -0.05) is 35.0 Å². The summed E-state index contributed by atoms with van der Waals surface area (Å²) in [5.41, 5.74) is 2.12. The van der Waals surface area contributed by atoms with Gasteiger partial charge < -0.3 is 19.2 Å². The maximum Gasteiger partial charge on any atom is 1.00 e. The number of pyridine rings is 1. The molecule has 7 nitrogen and oxygen atoms in total. The minimum absolute atomic E-state index is 0. The van der Waals surface area contributed by atoms with E-state index in [-0.39, 0.29) is 37.8 Å². The van der Waals surface area contributed by atoms with Crippen LogP contribution in [0.25, 0.3) is 33.6 Å². The molecule has 0 unspecified atom stereocenters. The average molecular weight is 444 g/mol. The number of ether oxygens (including phenoxy) is 1. The number of aromatic nitrogens is 3. The maximum absolute atomic E-state index is 10.8. The average Bonchev–Trinajstić information content (AvgIpc) is 3.23. The fourth-order valence-electron chi connectivity index (χ4n) is 3.32. The Balaban J connectivity index is 0.00000289. The molecule has 0 spiro atoms. The number of aryl methyl sites for hydroxylation is 1. The number of hydrogen-bond donors (Lipinski definition) is 0. The number of carboxylic acids is 1. The predicted molar refractivity (Wildman–Crippen MR) is 115 cm³/mol. The number of hydrogen-bond acceptors (Lipinski definition) is 7. The standard InChI is InChI=1S/C23H20ClN3O4.Li/c1-13(2)30-20-8-6-14(12-18(20)24)23-26-22(27-31-23)17-5-3-4-16-15(17)10-11-25-19(16)7-9-21(28)29;/h3-6,8,10-13H,7,9H2,1-2H3,(H,28,29);/q;+1/p-1. The molecule has 0 bridgehead atoms. The van der Waals surface area contributed by atoms with Crippen LogP contribution in [0.3, 0.4) is 0 Å². The van der Waals surface area contributed by atoms with Gasteiger partial charge in [-0.15, -0.1) is 0 Å². The smallest absolute Gasteiger partial charge is 0.550 e. The van der Waals surface area contributed by atoms with E-state index in [2.05, 4.69) is 15.1 Å². The third kappa shape index (κ3) is 5.13. The molecule has 2 aromatic heterocycles. The number of carboxylic acid groups (broad SMARTS) is 1. The maximum atomic E-state index is 10.8. The first-order chi connectivity index (χ1) is 14.9. The minimum Gasteiger partial charge on any atom is -0.550 e. The molecule has 4 rings (SSSR count). The molecule has 158 valence electrons. The van der Waals surface area contributed by atoms with Gasteiger partial charge >= 0.3 is 18.9 Å². The Bertz CT molecular complexity index is 1260. The van der Waals surface area contributed by atoms with E-state index in [4.69, 9.17) is 20.9 Å². The number of carbonyl (C=O) groups excluding carboxylic acids is 1. The summed E-state index contributed by atoms with van der Waals surface area (Å²) >= 11 is 6.33. The van der Waals surface area contributed by atoms with E-state index in [1.54, 1.807) is 18.3 Å². The van der Waals surface area contributed by atoms with Gasteiger partial charge in [-0.3, -0.25) is 4.98 Å². The van der Waals surface area contributed by atoms with Crippen LogP contribution in [-0.2, 0) is 11.2 Å². The van der Waals surface area contributed by atoms with Crippen LogP contribution in [0.1, 0.15) is 26.0 Å². The van der Waals surface area contributed by atoms with Crippen LogP contribution in [0, 0.1) is 0 Å². The molecule has 0 radical (unpaired) electrons. The summed E-state index contributed by atoms with van der Waals surface area (Å²) in [4.78, 5) is 19.7. The minimum atomic E-state index is -1.11. The molecule has 0 aliphatic heterocycles. The summed E-state index contributed by atoms with van der Waals surface area (Å²) in [5.74, 6) is 0.222. The van der Waals surface area contributed by atoms with Crippen molar-refractivity contribution in [3.05, 3.63) is 59.4 Å². The van der Waals surface area contributed by atoms with Crippen LogP contribution in [0.5, 0.6) is 5.75 Å². The van der Waals surface area contributed by atoms with E-state index in [0.717, 1.165) is 16.3 Å². The fourth-order valence-corrected chi connectivity index (χ4v) is 3.54. The monoisotopic (exact) mass is 443 g/mol. The molecule has 9 heteroatoms. The zero-order valence-electron chi connectivity index (χ0n) is 18.0. The van der Waals surface area contributed by atoms with Crippen molar-refractivity contribution in [1.29, 1.82) is 0 Å². The van der Waals surface area contributed by atoms with Gasteiger partial charge in [-0.2, -0.15) is 4.98 Å². The van der Waals surface area contributed by atoms with Gasteiger partial charge in [0.25, 0.3) is 5.89 Å². The molecule has 0 aliphatic carbocycles. The second-order valence-electron chi connectivity index (χ2n) is 7.27. The molecule has 0 saturated carbocycles. The van der Waals surface area contributed by atoms with Crippen molar-refractivity contribution in [2.24, 2.45) is 0 Å². The SMILES string of the molecule is CC(C)Oc1ccc(-c2nc(-c3cccc4c(CCC(=O)[O-])nccc34)no2)cc1Cl.[Li+]. The van der Waals surface area contributed by atoms with Crippen LogP contribution in [0.2, 0.25) is 5.02 Å². The van der Waals surface area contributed by atoms with Crippen molar-refractivity contribution < 1.29 is 38.0 Å². The first-order valence-corrected chi connectivity index (χ1v) is 10.2. The van der Waals surface area contributed by atoms with E-state index in [9.17, 15) is 9.90 Å². The molecule has 2 aromatic carbocycles. The normalized spacial score (nSPS) is 10.9. The molecule has 0 fully saturated rings. The molecule has 0 atom stereocenters. The fraction of sp³-hybridized carbons (Fsp3) is 0.217. The summed E-state index contributed by atoms with van der Waals surface area (Å²) in [6, 6.07) is 12.8. The van der Waals surface area contributed by atoms with E-state index >= 15 is 0 Å². The Morgan fingerprint density at radius 2 is 2.00 bits per heavy atom. The van der Waals surface area contributed by atoms with E-state index < -0.39 is 5.97 Å².